The summed E-state index contributed by atoms with van der Waals surface area (Å²) in [7, 11) is 0. The van der Waals surface area contributed by atoms with E-state index < -0.39 is 0 Å². The predicted octanol–water partition coefficient (Wildman–Crippen LogP) is 1.61. The maximum Gasteiger partial charge on any atom is 0.0621 e. The standard InChI is InChI=1S/C13H26N2O/c1-2-15(12-6-4-3-5-7-12)8-11-9-16-10-13(11)14/h11-13H,2-10,14H2,1H3. The molecule has 94 valence electrons. The van der Waals surface area contributed by atoms with Crippen molar-refractivity contribution in [2.75, 3.05) is 26.3 Å². The van der Waals surface area contributed by atoms with Gasteiger partial charge >= 0.3 is 0 Å². The van der Waals surface area contributed by atoms with Crippen molar-refractivity contribution in [3.8, 4) is 0 Å². The van der Waals surface area contributed by atoms with Crippen LogP contribution in [0.15, 0.2) is 0 Å². The summed E-state index contributed by atoms with van der Waals surface area (Å²) >= 11 is 0. The lowest BCUT2D eigenvalue weighted by molar-refractivity contribution is 0.125. The highest BCUT2D eigenvalue weighted by Crippen LogP contribution is 2.24. The third-order valence-electron chi connectivity index (χ3n) is 4.21. The van der Waals surface area contributed by atoms with Crippen molar-refractivity contribution >= 4 is 0 Å². The van der Waals surface area contributed by atoms with Gasteiger partial charge in [-0.2, -0.15) is 0 Å². The van der Waals surface area contributed by atoms with Crippen LogP contribution in [0, 0.1) is 5.92 Å². The van der Waals surface area contributed by atoms with Crippen LogP contribution in [-0.2, 0) is 4.74 Å². The average Bonchev–Trinajstić information content (AvgIpc) is 2.73. The monoisotopic (exact) mass is 226 g/mol. The third kappa shape index (κ3) is 2.96. The molecule has 2 rings (SSSR count). The van der Waals surface area contributed by atoms with E-state index in [2.05, 4.69) is 11.8 Å². The lowest BCUT2D eigenvalue weighted by Gasteiger charge is -2.35. The van der Waals surface area contributed by atoms with Crippen molar-refractivity contribution in [1.82, 2.24) is 4.90 Å². The molecule has 0 bridgehead atoms. The molecule has 0 aromatic heterocycles. The molecule has 3 nitrogen and oxygen atoms in total. The van der Waals surface area contributed by atoms with Gasteiger partial charge in [0, 0.05) is 24.5 Å². The number of hydrogen-bond acceptors (Lipinski definition) is 3. The SMILES string of the molecule is CCN(CC1COCC1N)C1CCCCC1. The van der Waals surface area contributed by atoms with Crippen molar-refractivity contribution < 1.29 is 4.74 Å². The summed E-state index contributed by atoms with van der Waals surface area (Å²) in [6, 6.07) is 1.07. The molecule has 2 aliphatic rings. The Labute approximate surface area is 99.3 Å². The van der Waals surface area contributed by atoms with Gasteiger partial charge in [0.1, 0.15) is 0 Å². The molecule has 3 heteroatoms. The van der Waals surface area contributed by atoms with Crippen molar-refractivity contribution in [3.05, 3.63) is 0 Å². The van der Waals surface area contributed by atoms with E-state index in [0.29, 0.717) is 5.92 Å². The van der Waals surface area contributed by atoms with Crippen LogP contribution in [0.2, 0.25) is 0 Å². The molecule has 1 aliphatic heterocycles. The molecule has 0 aromatic carbocycles. The van der Waals surface area contributed by atoms with Gasteiger partial charge in [-0.3, -0.25) is 0 Å². The highest BCUT2D eigenvalue weighted by Gasteiger charge is 2.29. The fraction of sp³-hybridized carbons (Fsp3) is 1.00. The molecule has 2 unspecified atom stereocenters. The lowest BCUT2D eigenvalue weighted by Crippen LogP contribution is -2.44. The highest BCUT2D eigenvalue weighted by molar-refractivity contribution is 4.84. The van der Waals surface area contributed by atoms with Gasteiger partial charge in [-0.05, 0) is 19.4 Å². The van der Waals surface area contributed by atoms with Crippen LogP contribution in [0.3, 0.4) is 0 Å². The quantitative estimate of drug-likeness (QED) is 0.791. The predicted molar refractivity (Wildman–Crippen MR) is 66.4 cm³/mol. The first-order valence-corrected chi connectivity index (χ1v) is 6.88. The second-order valence-electron chi connectivity index (χ2n) is 5.34. The zero-order valence-corrected chi connectivity index (χ0v) is 10.5. The molecule has 2 N–H and O–H groups in total. The summed E-state index contributed by atoms with van der Waals surface area (Å²) < 4.78 is 5.45. The summed E-state index contributed by atoms with van der Waals surface area (Å²) in [5.74, 6) is 0.557. The maximum atomic E-state index is 6.06. The van der Waals surface area contributed by atoms with Gasteiger partial charge in [0.05, 0.1) is 13.2 Å². The molecule has 16 heavy (non-hydrogen) atoms. The Hall–Kier alpha value is -0.120. The summed E-state index contributed by atoms with van der Waals surface area (Å²) in [6.45, 7) is 6.20. The first-order valence-electron chi connectivity index (χ1n) is 6.88. The summed E-state index contributed by atoms with van der Waals surface area (Å²) in [5.41, 5.74) is 6.06. The molecule has 2 atom stereocenters. The molecule has 0 spiro atoms. The minimum absolute atomic E-state index is 0.262. The van der Waals surface area contributed by atoms with E-state index in [-0.39, 0.29) is 6.04 Å². The zero-order valence-electron chi connectivity index (χ0n) is 10.5. The van der Waals surface area contributed by atoms with Crippen LogP contribution in [-0.4, -0.2) is 43.3 Å². The van der Waals surface area contributed by atoms with Crippen LogP contribution in [0.25, 0.3) is 0 Å². The molecular weight excluding hydrogens is 200 g/mol. The Morgan fingerprint density at radius 3 is 2.50 bits per heavy atom. The van der Waals surface area contributed by atoms with Crippen molar-refractivity contribution in [3.63, 3.8) is 0 Å². The molecule has 1 aliphatic carbocycles. The van der Waals surface area contributed by atoms with Crippen LogP contribution < -0.4 is 5.73 Å². The Bertz CT molecular complexity index is 204. The van der Waals surface area contributed by atoms with Crippen molar-refractivity contribution in [2.24, 2.45) is 11.7 Å². The number of nitrogens with zero attached hydrogens (tertiary/aromatic N) is 1. The smallest absolute Gasteiger partial charge is 0.0621 e. The van der Waals surface area contributed by atoms with E-state index in [4.69, 9.17) is 10.5 Å². The normalized spacial score (nSPS) is 32.4. The first kappa shape index (κ1) is 12.3. The Morgan fingerprint density at radius 2 is 1.94 bits per heavy atom. The molecular formula is C13H26N2O. The van der Waals surface area contributed by atoms with E-state index in [0.717, 1.165) is 32.3 Å². The van der Waals surface area contributed by atoms with E-state index in [1.807, 2.05) is 0 Å². The fourth-order valence-corrected chi connectivity index (χ4v) is 3.09. The number of hydrogen-bond donors (Lipinski definition) is 1. The third-order valence-corrected chi connectivity index (χ3v) is 4.21. The summed E-state index contributed by atoms with van der Waals surface area (Å²) in [4.78, 5) is 2.64. The lowest BCUT2D eigenvalue weighted by atomic mass is 9.93. The van der Waals surface area contributed by atoms with E-state index in [9.17, 15) is 0 Å². The summed E-state index contributed by atoms with van der Waals surface area (Å²) in [6.07, 6.45) is 7.02. The molecule has 1 saturated heterocycles. The topological polar surface area (TPSA) is 38.5 Å². The minimum atomic E-state index is 0.262. The van der Waals surface area contributed by atoms with Crippen molar-refractivity contribution in [2.45, 2.75) is 51.1 Å². The molecule has 1 saturated carbocycles. The highest BCUT2D eigenvalue weighted by atomic mass is 16.5. The largest absolute Gasteiger partial charge is 0.379 e. The molecule has 0 radical (unpaired) electrons. The first-order chi connectivity index (χ1) is 7.81. The number of ether oxygens (including phenoxy) is 1. The second kappa shape index (κ2) is 5.99. The fourth-order valence-electron chi connectivity index (χ4n) is 3.09. The Balaban J connectivity index is 1.83. The van der Waals surface area contributed by atoms with Crippen molar-refractivity contribution in [1.29, 1.82) is 0 Å². The number of nitrogens with two attached hydrogens (primary N) is 1. The van der Waals surface area contributed by atoms with E-state index in [1.54, 1.807) is 0 Å². The molecule has 2 fully saturated rings. The van der Waals surface area contributed by atoms with Gasteiger partial charge < -0.3 is 15.4 Å². The Kier molecular flexibility index (Phi) is 4.62. The molecule has 0 aromatic rings. The van der Waals surface area contributed by atoms with Gasteiger partial charge in [0.25, 0.3) is 0 Å². The molecule has 1 heterocycles. The Morgan fingerprint density at radius 1 is 1.19 bits per heavy atom. The minimum Gasteiger partial charge on any atom is -0.379 e. The van der Waals surface area contributed by atoms with Gasteiger partial charge in [0.15, 0.2) is 0 Å². The summed E-state index contributed by atoms with van der Waals surface area (Å²) in [5, 5.41) is 0. The van der Waals surface area contributed by atoms with E-state index in [1.165, 1.54) is 32.1 Å². The van der Waals surface area contributed by atoms with Gasteiger partial charge in [-0.15, -0.1) is 0 Å². The average molecular weight is 226 g/mol. The van der Waals surface area contributed by atoms with Crippen LogP contribution >= 0.6 is 0 Å². The van der Waals surface area contributed by atoms with Crippen LogP contribution in [0.1, 0.15) is 39.0 Å². The van der Waals surface area contributed by atoms with Gasteiger partial charge in [-0.25, -0.2) is 0 Å². The maximum absolute atomic E-state index is 6.06. The van der Waals surface area contributed by atoms with Gasteiger partial charge in [0.2, 0.25) is 0 Å². The van der Waals surface area contributed by atoms with Crippen LogP contribution in [0.5, 0.6) is 0 Å². The molecule has 0 amide bonds. The van der Waals surface area contributed by atoms with Gasteiger partial charge in [-0.1, -0.05) is 26.2 Å². The zero-order chi connectivity index (χ0) is 11.4. The second-order valence-corrected chi connectivity index (χ2v) is 5.34. The van der Waals surface area contributed by atoms with E-state index >= 15 is 0 Å². The number of rotatable bonds is 4. The van der Waals surface area contributed by atoms with Crippen LogP contribution in [0.4, 0.5) is 0 Å².